The Morgan fingerprint density at radius 2 is 1.94 bits per heavy atom. The number of carbonyl (C=O) groups is 2. The van der Waals surface area contributed by atoms with E-state index in [1.165, 1.54) is 24.5 Å². The molecule has 0 radical (unpaired) electrons. The second-order valence-electron chi connectivity index (χ2n) is 7.39. The number of benzene rings is 1. The monoisotopic (exact) mass is 457 g/mol. The zero-order chi connectivity index (χ0) is 23.4. The Kier molecular flexibility index (Phi) is 6.39. The average molecular weight is 458 g/mol. The molecular weight excluding hydrogens is 438 g/mol. The summed E-state index contributed by atoms with van der Waals surface area (Å²) in [5.41, 5.74) is 2.21. The Bertz CT molecular complexity index is 1350. The number of nitrogens with one attached hydrogen (secondary N) is 1. The lowest BCUT2D eigenvalue weighted by molar-refractivity contribution is -0.112. The van der Waals surface area contributed by atoms with Crippen LogP contribution in [-0.4, -0.2) is 19.0 Å². The van der Waals surface area contributed by atoms with E-state index in [2.05, 4.69) is 11.4 Å². The van der Waals surface area contributed by atoms with Gasteiger partial charge in [-0.05, 0) is 49.4 Å². The second kappa shape index (κ2) is 9.56. The number of anilines is 1. The summed E-state index contributed by atoms with van der Waals surface area (Å²) in [4.78, 5) is 25.9. The first kappa shape index (κ1) is 22.1. The van der Waals surface area contributed by atoms with Crippen molar-refractivity contribution in [2.45, 2.75) is 25.7 Å². The summed E-state index contributed by atoms with van der Waals surface area (Å²) in [6, 6.07) is 14.2. The smallest absolute Gasteiger partial charge is 0.338 e. The summed E-state index contributed by atoms with van der Waals surface area (Å²) in [5, 5.41) is 22.3. The number of nitriles is 2. The van der Waals surface area contributed by atoms with Crippen molar-refractivity contribution in [1.82, 2.24) is 0 Å². The molecule has 1 N–H and O–H groups in total. The zero-order valence-electron chi connectivity index (χ0n) is 17.8. The second-order valence-corrected chi connectivity index (χ2v) is 8.50. The van der Waals surface area contributed by atoms with E-state index in [1.807, 2.05) is 6.07 Å². The fourth-order valence-corrected chi connectivity index (χ4v) is 5.03. The molecule has 2 aromatic heterocycles. The molecule has 2 heterocycles. The maximum absolute atomic E-state index is 12.8. The van der Waals surface area contributed by atoms with Crippen LogP contribution in [0.25, 0.3) is 17.4 Å². The Morgan fingerprint density at radius 1 is 1.15 bits per heavy atom. The third-order valence-corrected chi connectivity index (χ3v) is 6.59. The van der Waals surface area contributed by atoms with Crippen molar-refractivity contribution < 1.29 is 18.7 Å². The van der Waals surface area contributed by atoms with Gasteiger partial charge in [0.05, 0.1) is 18.2 Å². The van der Waals surface area contributed by atoms with Crippen molar-refractivity contribution in [3.63, 3.8) is 0 Å². The number of hydrogen-bond acceptors (Lipinski definition) is 7. The van der Waals surface area contributed by atoms with Gasteiger partial charge in [-0.2, -0.15) is 10.5 Å². The van der Waals surface area contributed by atoms with Crippen LogP contribution in [0.4, 0.5) is 5.00 Å². The highest BCUT2D eigenvalue weighted by molar-refractivity contribution is 7.16. The maximum atomic E-state index is 12.8. The third-order valence-electron chi connectivity index (χ3n) is 5.39. The maximum Gasteiger partial charge on any atom is 0.338 e. The number of amides is 1. The molecule has 0 bridgehead atoms. The van der Waals surface area contributed by atoms with Crippen LogP contribution >= 0.6 is 11.3 Å². The summed E-state index contributed by atoms with van der Waals surface area (Å²) in [6.07, 6.45) is 5.14. The Balaban J connectivity index is 1.59. The molecule has 0 saturated heterocycles. The van der Waals surface area contributed by atoms with Crippen molar-refractivity contribution >= 4 is 34.3 Å². The van der Waals surface area contributed by atoms with E-state index < -0.39 is 11.9 Å². The van der Waals surface area contributed by atoms with Crippen LogP contribution in [0, 0.1) is 22.7 Å². The number of esters is 1. The van der Waals surface area contributed by atoms with Gasteiger partial charge in [0.15, 0.2) is 0 Å². The molecule has 0 saturated carbocycles. The van der Waals surface area contributed by atoms with E-state index in [4.69, 9.17) is 9.15 Å². The Morgan fingerprint density at radius 3 is 2.70 bits per heavy atom. The highest BCUT2D eigenvalue weighted by Crippen LogP contribution is 2.37. The van der Waals surface area contributed by atoms with Gasteiger partial charge >= 0.3 is 5.97 Å². The first-order chi connectivity index (χ1) is 16.0. The molecule has 33 heavy (non-hydrogen) atoms. The average Bonchev–Trinajstić information content (AvgIpc) is 3.45. The van der Waals surface area contributed by atoms with Crippen molar-refractivity contribution in [3.8, 4) is 23.5 Å². The molecule has 0 aliphatic heterocycles. The van der Waals surface area contributed by atoms with Crippen molar-refractivity contribution in [2.75, 3.05) is 12.4 Å². The Labute approximate surface area is 194 Å². The summed E-state index contributed by atoms with van der Waals surface area (Å²) < 4.78 is 10.6. The van der Waals surface area contributed by atoms with Crippen LogP contribution in [0.1, 0.15) is 45.0 Å². The molecule has 1 aliphatic rings. The molecule has 0 fully saturated rings. The molecule has 4 rings (SSSR count). The number of carbonyl (C=O) groups excluding carboxylic acids is 2. The number of methoxy groups -OCH3 is 1. The van der Waals surface area contributed by atoms with Gasteiger partial charge in [0, 0.05) is 16.5 Å². The summed E-state index contributed by atoms with van der Waals surface area (Å²) in [5.74, 6) is -0.427. The predicted octanol–water partition coefficient (Wildman–Crippen LogP) is 5.09. The van der Waals surface area contributed by atoms with Gasteiger partial charge < -0.3 is 14.5 Å². The van der Waals surface area contributed by atoms with E-state index in [0.29, 0.717) is 27.5 Å². The molecule has 7 nitrogen and oxygen atoms in total. The highest BCUT2D eigenvalue weighted by atomic mass is 32.1. The number of nitrogens with zero attached hydrogens (tertiary/aromatic N) is 2. The van der Waals surface area contributed by atoms with E-state index in [0.717, 1.165) is 36.1 Å². The molecule has 0 unspecified atom stereocenters. The molecule has 1 aromatic carbocycles. The molecule has 3 aromatic rings. The minimum atomic E-state index is -0.611. The van der Waals surface area contributed by atoms with Crippen LogP contribution < -0.4 is 5.32 Å². The number of aryl methyl sites for hydroxylation is 1. The SMILES string of the molecule is COC(=O)c1ccccc1-c1ccc(/C=C(/C#N)C(=O)Nc2sc3c(c2C#N)CCCC3)o1. The third kappa shape index (κ3) is 4.43. The lowest BCUT2D eigenvalue weighted by Crippen LogP contribution is -2.13. The van der Waals surface area contributed by atoms with E-state index >= 15 is 0 Å². The van der Waals surface area contributed by atoms with Gasteiger partial charge in [0.25, 0.3) is 5.91 Å². The Hall–Kier alpha value is -4.14. The largest absolute Gasteiger partial charge is 0.465 e. The van der Waals surface area contributed by atoms with Crippen LogP contribution in [-0.2, 0) is 22.4 Å². The van der Waals surface area contributed by atoms with Crippen molar-refractivity contribution in [2.24, 2.45) is 0 Å². The lowest BCUT2D eigenvalue weighted by atomic mass is 9.96. The van der Waals surface area contributed by atoms with Gasteiger partial charge in [0.1, 0.15) is 34.2 Å². The number of fused-ring (bicyclic) bond motifs is 1. The van der Waals surface area contributed by atoms with E-state index in [1.54, 1.807) is 36.4 Å². The quantitative estimate of drug-likeness (QED) is 0.324. The minimum Gasteiger partial charge on any atom is -0.465 e. The normalized spacial score (nSPS) is 12.9. The van der Waals surface area contributed by atoms with Crippen LogP contribution in [0.2, 0.25) is 0 Å². The first-order valence-corrected chi connectivity index (χ1v) is 11.1. The van der Waals surface area contributed by atoms with E-state index in [9.17, 15) is 20.1 Å². The molecule has 0 spiro atoms. The molecular formula is C25H19N3O4S. The molecule has 1 aliphatic carbocycles. The molecule has 8 heteroatoms. The number of thiophene rings is 1. The van der Waals surface area contributed by atoms with Crippen molar-refractivity contribution in [1.29, 1.82) is 10.5 Å². The van der Waals surface area contributed by atoms with Gasteiger partial charge in [-0.15, -0.1) is 11.3 Å². The number of ether oxygens (including phenoxy) is 1. The number of hydrogen-bond donors (Lipinski definition) is 1. The van der Waals surface area contributed by atoms with Gasteiger partial charge in [0.2, 0.25) is 0 Å². The molecule has 0 atom stereocenters. The zero-order valence-corrected chi connectivity index (χ0v) is 18.6. The summed E-state index contributed by atoms with van der Waals surface area (Å²) in [6.45, 7) is 0. The highest BCUT2D eigenvalue weighted by Gasteiger charge is 2.23. The van der Waals surface area contributed by atoms with E-state index in [-0.39, 0.29) is 11.3 Å². The molecule has 164 valence electrons. The predicted molar refractivity (Wildman–Crippen MR) is 123 cm³/mol. The number of furan rings is 1. The fraction of sp³-hybridized carbons (Fsp3) is 0.200. The van der Waals surface area contributed by atoms with Gasteiger partial charge in [-0.3, -0.25) is 4.79 Å². The standard InChI is InChI=1S/C25H19N3O4S/c1-31-25(30)19-8-3-2-6-17(19)21-11-10-16(32-21)12-15(13-26)23(29)28-24-20(14-27)18-7-4-5-9-22(18)33-24/h2-3,6,8,10-12H,4-5,7,9H2,1H3,(H,28,29)/b15-12-. The van der Waals surface area contributed by atoms with Crippen molar-refractivity contribution in [3.05, 3.63) is 69.3 Å². The van der Waals surface area contributed by atoms with Crippen LogP contribution in [0.5, 0.6) is 0 Å². The summed E-state index contributed by atoms with van der Waals surface area (Å²) in [7, 11) is 1.30. The van der Waals surface area contributed by atoms with Gasteiger partial charge in [-0.1, -0.05) is 18.2 Å². The topological polar surface area (TPSA) is 116 Å². The van der Waals surface area contributed by atoms with Crippen LogP contribution in [0.3, 0.4) is 0 Å². The summed E-state index contributed by atoms with van der Waals surface area (Å²) >= 11 is 1.40. The lowest BCUT2D eigenvalue weighted by Gasteiger charge is -2.09. The van der Waals surface area contributed by atoms with Crippen LogP contribution in [0.15, 0.2) is 46.4 Å². The molecule has 1 amide bonds. The minimum absolute atomic E-state index is 0.160. The number of rotatable bonds is 5. The first-order valence-electron chi connectivity index (χ1n) is 10.3. The fourth-order valence-electron chi connectivity index (χ4n) is 3.79. The van der Waals surface area contributed by atoms with Gasteiger partial charge in [-0.25, -0.2) is 4.79 Å².